The topological polar surface area (TPSA) is 28.1 Å². The number of nitrogens with zero attached hydrogens (tertiary/aromatic N) is 2. The number of hydrogen-bond donors (Lipinski definition) is 0. The van der Waals surface area contributed by atoms with Crippen molar-refractivity contribution in [2.75, 3.05) is 0 Å². The molecule has 3 rings (SSSR count). The molecule has 0 aromatic heterocycles. The molecule has 0 bridgehead atoms. The summed E-state index contributed by atoms with van der Waals surface area (Å²) in [6.07, 6.45) is 0. The van der Waals surface area contributed by atoms with E-state index in [1.165, 1.54) is 10.8 Å². The molecule has 0 saturated carbocycles. The molecule has 3 aromatic carbocycles. The zero-order valence-corrected chi connectivity index (χ0v) is 10.7. The maximum atomic E-state index is 9.75. The van der Waals surface area contributed by atoms with Crippen LogP contribution in [0.15, 0.2) is 54.6 Å². The van der Waals surface area contributed by atoms with Crippen molar-refractivity contribution in [2.45, 2.75) is 0 Å². The van der Waals surface area contributed by atoms with Gasteiger partial charge in [-0.15, -0.1) is 0 Å². The molecule has 0 aliphatic rings. The summed E-state index contributed by atoms with van der Waals surface area (Å²) in [5.74, 6) is 0. The lowest BCUT2D eigenvalue weighted by Gasteiger charge is -2.00. The van der Waals surface area contributed by atoms with E-state index in [1.807, 2.05) is 24.3 Å². The molecule has 0 saturated heterocycles. The zero-order valence-electron chi connectivity index (χ0n) is 10.7. The van der Waals surface area contributed by atoms with E-state index in [0.717, 1.165) is 10.8 Å². The molecule has 0 amide bonds. The van der Waals surface area contributed by atoms with Gasteiger partial charge >= 0.3 is 12.9 Å². The Bertz CT molecular complexity index is 818. The van der Waals surface area contributed by atoms with Crippen LogP contribution < -0.4 is 0 Å². The minimum absolute atomic E-state index is 0.586. The zero-order chi connectivity index (χ0) is 15.5. The third-order valence-electron chi connectivity index (χ3n) is 2.80. The number of diazo groups is 1. The Hall–Kier alpha value is -2.62. The highest BCUT2D eigenvalue weighted by Gasteiger charge is 2.20. The molecule has 0 unspecified atom stereocenters. The van der Waals surface area contributed by atoms with Crippen molar-refractivity contribution in [3.05, 3.63) is 59.6 Å². The summed E-state index contributed by atoms with van der Waals surface area (Å²) in [7, 11) is -6.00. The summed E-state index contributed by atoms with van der Waals surface area (Å²) in [4.78, 5) is 3.20. The van der Waals surface area contributed by atoms with E-state index in [4.69, 9.17) is 5.39 Å². The molecule has 21 heavy (non-hydrogen) atoms. The van der Waals surface area contributed by atoms with Gasteiger partial charge in [0, 0.05) is 12.1 Å². The highest BCUT2D eigenvalue weighted by molar-refractivity contribution is 6.50. The van der Waals surface area contributed by atoms with Gasteiger partial charge in [0.2, 0.25) is 5.39 Å². The van der Waals surface area contributed by atoms with Crippen molar-refractivity contribution >= 4 is 34.5 Å². The third kappa shape index (κ3) is 4.18. The van der Waals surface area contributed by atoms with E-state index in [1.54, 1.807) is 6.07 Å². The molecule has 0 heterocycles. The lowest BCUT2D eigenvalue weighted by Crippen LogP contribution is -2.02. The van der Waals surface area contributed by atoms with E-state index in [0.29, 0.717) is 5.69 Å². The van der Waals surface area contributed by atoms with Gasteiger partial charge in [-0.05, 0) is 39.7 Å². The fourth-order valence-electron chi connectivity index (χ4n) is 1.99. The number of benzene rings is 3. The first-order valence-electron chi connectivity index (χ1n) is 6.02. The molecular weight excluding hydrogens is 283 g/mol. The second kappa shape index (κ2) is 5.79. The molecular formula is C14H9BF4N2. The summed E-state index contributed by atoms with van der Waals surface area (Å²) in [6, 6.07) is 18.1. The standard InChI is InChI=1S/C14H9N2.BF4/c15-16-14-6-5-12-7-10-3-1-2-4-11(10)8-13(12)9-14;2-1(3,4)5/h1-9H;/q+1;-1. The van der Waals surface area contributed by atoms with Crippen molar-refractivity contribution in [1.82, 2.24) is 0 Å². The van der Waals surface area contributed by atoms with Gasteiger partial charge < -0.3 is 17.3 Å². The number of fused-ring (bicyclic) bond motifs is 2. The Morgan fingerprint density at radius 2 is 1.19 bits per heavy atom. The van der Waals surface area contributed by atoms with Crippen molar-refractivity contribution in [2.24, 2.45) is 0 Å². The molecule has 0 atom stereocenters. The minimum atomic E-state index is -6.00. The van der Waals surface area contributed by atoms with Gasteiger partial charge in [-0.25, -0.2) is 0 Å². The molecule has 0 aliphatic carbocycles. The van der Waals surface area contributed by atoms with Crippen molar-refractivity contribution in [3.63, 3.8) is 0 Å². The van der Waals surface area contributed by atoms with Crippen LogP contribution >= 0.6 is 0 Å². The number of hydrogen-bond acceptors (Lipinski definition) is 1. The molecule has 0 fully saturated rings. The average molecular weight is 292 g/mol. The third-order valence-corrected chi connectivity index (χ3v) is 2.80. The average Bonchev–Trinajstić information content (AvgIpc) is 2.42. The van der Waals surface area contributed by atoms with Crippen LogP contribution in [-0.2, 0) is 0 Å². The Kier molecular flexibility index (Phi) is 4.08. The SMILES string of the molecule is F[B-](F)(F)F.N#[N+]c1ccc2cc3ccccc3cc2c1. The summed E-state index contributed by atoms with van der Waals surface area (Å²) < 4.78 is 39.0. The highest BCUT2D eigenvalue weighted by atomic mass is 19.5. The van der Waals surface area contributed by atoms with Gasteiger partial charge in [0.25, 0.3) is 0 Å². The molecule has 0 aliphatic heterocycles. The van der Waals surface area contributed by atoms with E-state index < -0.39 is 7.25 Å². The van der Waals surface area contributed by atoms with Crippen LogP contribution in [0.4, 0.5) is 23.0 Å². The summed E-state index contributed by atoms with van der Waals surface area (Å²) in [5.41, 5.74) is 0.586. The van der Waals surface area contributed by atoms with Gasteiger partial charge in [-0.3, -0.25) is 0 Å². The van der Waals surface area contributed by atoms with Crippen LogP contribution in [-0.4, -0.2) is 7.25 Å². The first-order chi connectivity index (χ1) is 9.86. The van der Waals surface area contributed by atoms with Crippen LogP contribution in [0.1, 0.15) is 0 Å². The lowest BCUT2D eigenvalue weighted by atomic mass is 10.0. The summed E-state index contributed by atoms with van der Waals surface area (Å²) in [6.45, 7) is 0. The highest BCUT2D eigenvalue weighted by Crippen LogP contribution is 2.26. The molecule has 2 nitrogen and oxygen atoms in total. The Labute approximate surface area is 117 Å². The summed E-state index contributed by atoms with van der Waals surface area (Å²) >= 11 is 0. The molecule has 0 N–H and O–H groups in total. The van der Waals surface area contributed by atoms with Crippen molar-refractivity contribution in [3.8, 4) is 0 Å². The predicted octanol–water partition coefficient (Wildman–Crippen LogP) is 5.78. The second-order valence-electron chi connectivity index (χ2n) is 4.33. The van der Waals surface area contributed by atoms with Gasteiger partial charge in [-0.2, -0.15) is 0 Å². The molecule has 0 spiro atoms. The van der Waals surface area contributed by atoms with Crippen molar-refractivity contribution < 1.29 is 17.3 Å². The minimum Gasteiger partial charge on any atom is -0.418 e. The van der Waals surface area contributed by atoms with Gasteiger partial charge in [0.1, 0.15) is 0 Å². The van der Waals surface area contributed by atoms with Crippen LogP contribution in [0.2, 0.25) is 0 Å². The maximum Gasteiger partial charge on any atom is 0.673 e. The van der Waals surface area contributed by atoms with Crippen LogP contribution in [0.5, 0.6) is 0 Å². The fourth-order valence-corrected chi connectivity index (χ4v) is 1.99. The van der Waals surface area contributed by atoms with E-state index >= 15 is 0 Å². The molecule has 3 aromatic rings. The monoisotopic (exact) mass is 292 g/mol. The predicted molar refractivity (Wildman–Crippen MR) is 76.4 cm³/mol. The van der Waals surface area contributed by atoms with Crippen LogP contribution in [0.3, 0.4) is 0 Å². The normalized spacial score (nSPS) is 10.8. The van der Waals surface area contributed by atoms with E-state index in [9.17, 15) is 17.3 Å². The van der Waals surface area contributed by atoms with E-state index in [2.05, 4.69) is 29.2 Å². The second-order valence-corrected chi connectivity index (χ2v) is 4.33. The first-order valence-corrected chi connectivity index (χ1v) is 6.02. The van der Waals surface area contributed by atoms with Gasteiger partial charge in [0.15, 0.2) is 4.98 Å². The van der Waals surface area contributed by atoms with Gasteiger partial charge in [0.05, 0.1) is 0 Å². The Balaban J connectivity index is 0.000000282. The quantitative estimate of drug-likeness (QED) is 0.223. The number of rotatable bonds is 0. The Morgan fingerprint density at radius 3 is 1.71 bits per heavy atom. The Morgan fingerprint density at radius 1 is 0.714 bits per heavy atom. The summed E-state index contributed by atoms with van der Waals surface area (Å²) in [5, 5.41) is 13.4. The molecule has 0 radical (unpaired) electrons. The fraction of sp³-hybridized carbons (Fsp3) is 0. The smallest absolute Gasteiger partial charge is 0.418 e. The van der Waals surface area contributed by atoms with Gasteiger partial charge in [-0.1, -0.05) is 24.3 Å². The van der Waals surface area contributed by atoms with E-state index in [-0.39, 0.29) is 0 Å². The largest absolute Gasteiger partial charge is 0.673 e. The first kappa shape index (κ1) is 14.8. The maximum absolute atomic E-state index is 9.75. The van der Waals surface area contributed by atoms with Crippen LogP contribution in [0.25, 0.3) is 26.5 Å². The lowest BCUT2D eigenvalue weighted by molar-refractivity contribution is 0.368. The molecule has 106 valence electrons. The number of halogens is 4. The molecule has 7 heteroatoms. The van der Waals surface area contributed by atoms with Crippen LogP contribution in [0, 0.1) is 5.39 Å². The van der Waals surface area contributed by atoms with Crippen molar-refractivity contribution in [1.29, 1.82) is 5.39 Å².